The second-order valence-electron chi connectivity index (χ2n) is 6.49. The van der Waals surface area contributed by atoms with Crippen molar-refractivity contribution in [2.75, 3.05) is 18.0 Å². The van der Waals surface area contributed by atoms with Crippen LogP contribution in [-0.4, -0.2) is 34.8 Å². The van der Waals surface area contributed by atoms with E-state index in [9.17, 15) is 0 Å². The van der Waals surface area contributed by atoms with Crippen molar-refractivity contribution in [2.24, 2.45) is 0 Å². The Morgan fingerprint density at radius 2 is 1.90 bits per heavy atom. The normalized spacial score (nSPS) is 17.9. The maximum atomic E-state index is 6.06. The number of piperidine rings is 1. The Morgan fingerprint density at radius 3 is 2.55 bits per heavy atom. The number of aromatic amines is 1. The summed E-state index contributed by atoms with van der Waals surface area (Å²) in [7, 11) is 0. The first kappa shape index (κ1) is 13.4. The Morgan fingerprint density at radius 1 is 1.20 bits per heavy atom. The van der Waals surface area contributed by atoms with Gasteiger partial charge in [0, 0.05) is 13.1 Å². The topological polar surface area (TPSA) is 41.1 Å². The van der Waals surface area contributed by atoms with E-state index < -0.39 is 0 Å². The molecule has 108 valence electrons. The molecule has 0 amide bonds. The number of rotatable bonds is 2. The van der Waals surface area contributed by atoms with Crippen LogP contribution in [0.1, 0.15) is 33.6 Å². The SMILES string of the molecule is CC(C)(C)OC1CCN(c2nc3ccccc3[nH]2)CC1. The highest BCUT2D eigenvalue weighted by molar-refractivity contribution is 5.77. The van der Waals surface area contributed by atoms with E-state index in [-0.39, 0.29) is 5.60 Å². The van der Waals surface area contributed by atoms with Crippen molar-refractivity contribution >= 4 is 17.0 Å². The number of H-pyrrole nitrogens is 1. The maximum absolute atomic E-state index is 6.06. The molecule has 2 aromatic rings. The van der Waals surface area contributed by atoms with Gasteiger partial charge in [0.1, 0.15) is 0 Å². The van der Waals surface area contributed by atoms with E-state index in [0.717, 1.165) is 42.9 Å². The van der Waals surface area contributed by atoms with Gasteiger partial charge in [-0.1, -0.05) is 12.1 Å². The summed E-state index contributed by atoms with van der Waals surface area (Å²) < 4.78 is 6.06. The van der Waals surface area contributed by atoms with E-state index in [2.05, 4.69) is 41.7 Å². The lowest BCUT2D eigenvalue weighted by Gasteiger charge is -2.35. The van der Waals surface area contributed by atoms with Crippen molar-refractivity contribution in [3.8, 4) is 0 Å². The van der Waals surface area contributed by atoms with Gasteiger partial charge in [-0.05, 0) is 45.7 Å². The molecule has 4 nitrogen and oxygen atoms in total. The van der Waals surface area contributed by atoms with Crippen LogP contribution in [0.15, 0.2) is 24.3 Å². The molecule has 1 fully saturated rings. The molecule has 1 aromatic heterocycles. The summed E-state index contributed by atoms with van der Waals surface area (Å²) in [5.41, 5.74) is 2.10. The molecule has 0 spiro atoms. The number of fused-ring (bicyclic) bond motifs is 1. The number of para-hydroxylation sites is 2. The summed E-state index contributed by atoms with van der Waals surface area (Å²) >= 11 is 0. The summed E-state index contributed by atoms with van der Waals surface area (Å²) in [5.74, 6) is 0.986. The maximum Gasteiger partial charge on any atom is 0.203 e. The van der Waals surface area contributed by atoms with Gasteiger partial charge in [-0.3, -0.25) is 0 Å². The predicted octanol–water partition coefficient (Wildman–Crippen LogP) is 3.35. The van der Waals surface area contributed by atoms with Crippen LogP contribution in [0.5, 0.6) is 0 Å². The lowest BCUT2D eigenvalue weighted by molar-refractivity contribution is -0.0683. The Hall–Kier alpha value is -1.55. The summed E-state index contributed by atoms with van der Waals surface area (Å²) in [4.78, 5) is 10.4. The standard InChI is InChI=1S/C16H23N3O/c1-16(2,3)20-12-8-10-19(11-9-12)15-17-13-6-4-5-7-14(13)18-15/h4-7,12H,8-11H2,1-3H3,(H,17,18). The molecule has 1 N–H and O–H groups in total. The van der Waals surface area contributed by atoms with Crippen molar-refractivity contribution in [3.05, 3.63) is 24.3 Å². The molecular formula is C16H23N3O. The van der Waals surface area contributed by atoms with Crippen molar-refractivity contribution in [2.45, 2.75) is 45.3 Å². The molecule has 0 aliphatic carbocycles. The fraction of sp³-hybridized carbons (Fsp3) is 0.562. The summed E-state index contributed by atoms with van der Waals surface area (Å²) in [6, 6.07) is 8.18. The number of hydrogen-bond acceptors (Lipinski definition) is 3. The van der Waals surface area contributed by atoms with Crippen LogP contribution in [-0.2, 0) is 4.74 Å². The number of hydrogen-bond donors (Lipinski definition) is 1. The van der Waals surface area contributed by atoms with Crippen LogP contribution in [0.2, 0.25) is 0 Å². The van der Waals surface area contributed by atoms with Gasteiger partial charge < -0.3 is 14.6 Å². The Balaban J connectivity index is 1.66. The van der Waals surface area contributed by atoms with Gasteiger partial charge in [0.15, 0.2) is 0 Å². The number of benzene rings is 1. The molecule has 1 aliphatic heterocycles. The second kappa shape index (κ2) is 5.09. The van der Waals surface area contributed by atoms with Gasteiger partial charge in [-0.25, -0.2) is 4.98 Å². The first-order valence-corrected chi connectivity index (χ1v) is 7.39. The van der Waals surface area contributed by atoms with E-state index in [1.807, 2.05) is 18.2 Å². The molecule has 0 bridgehead atoms. The molecule has 0 atom stereocenters. The van der Waals surface area contributed by atoms with Crippen molar-refractivity contribution in [1.82, 2.24) is 9.97 Å². The molecule has 4 heteroatoms. The average Bonchev–Trinajstić information content (AvgIpc) is 2.81. The molecule has 0 saturated carbocycles. The van der Waals surface area contributed by atoms with Crippen molar-refractivity contribution < 1.29 is 4.74 Å². The van der Waals surface area contributed by atoms with Gasteiger partial charge in [0.05, 0.1) is 22.7 Å². The van der Waals surface area contributed by atoms with E-state index >= 15 is 0 Å². The lowest BCUT2D eigenvalue weighted by Crippen LogP contribution is -2.40. The molecular weight excluding hydrogens is 250 g/mol. The number of ether oxygens (including phenoxy) is 1. The quantitative estimate of drug-likeness (QED) is 0.912. The summed E-state index contributed by atoms with van der Waals surface area (Å²) in [6.07, 6.45) is 2.50. The fourth-order valence-corrected chi connectivity index (χ4v) is 2.77. The zero-order valence-corrected chi connectivity index (χ0v) is 12.5. The molecule has 1 aromatic carbocycles. The van der Waals surface area contributed by atoms with Crippen LogP contribution in [0, 0.1) is 0 Å². The minimum Gasteiger partial charge on any atom is -0.372 e. The Bertz CT molecular complexity index is 544. The zero-order chi connectivity index (χ0) is 14.2. The first-order chi connectivity index (χ1) is 9.51. The molecule has 20 heavy (non-hydrogen) atoms. The second-order valence-corrected chi connectivity index (χ2v) is 6.49. The zero-order valence-electron chi connectivity index (χ0n) is 12.5. The highest BCUT2D eigenvalue weighted by atomic mass is 16.5. The number of imidazole rings is 1. The van der Waals surface area contributed by atoms with Crippen LogP contribution in [0.4, 0.5) is 5.95 Å². The molecule has 1 aliphatic rings. The summed E-state index contributed by atoms with van der Waals surface area (Å²) in [6.45, 7) is 8.37. The van der Waals surface area contributed by atoms with E-state index in [1.54, 1.807) is 0 Å². The first-order valence-electron chi connectivity index (χ1n) is 7.39. The molecule has 0 radical (unpaired) electrons. The van der Waals surface area contributed by atoms with Crippen molar-refractivity contribution in [1.29, 1.82) is 0 Å². The summed E-state index contributed by atoms with van der Waals surface area (Å²) in [5, 5.41) is 0. The van der Waals surface area contributed by atoms with Gasteiger partial charge in [-0.2, -0.15) is 0 Å². The Kier molecular flexibility index (Phi) is 3.42. The van der Waals surface area contributed by atoms with Gasteiger partial charge in [0.2, 0.25) is 5.95 Å². The smallest absolute Gasteiger partial charge is 0.203 e. The number of anilines is 1. The monoisotopic (exact) mass is 273 g/mol. The van der Waals surface area contributed by atoms with Crippen LogP contribution in [0.25, 0.3) is 11.0 Å². The van der Waals surface area contributed by atoms with E-state index in [0.29, 0.717) is 6.10 Å². The van der Waals surface area contributed by atoms with Gasteiger partial charge in [0.25, 0.3) is 0 Å². The number of aromatic nitrogens is 2. The minimum absolute atomic E-state index is 0.0494. The third kappa shape index (κ3) is 2.96. The van der Waals surface area contributed by atoms with Crippen LogP contribution < -0.4 is 4.90 Å². The van der Waals surface area contributed by atoms with E-state index in [4.69, 9.17) is 4.74 Å². The highest BCUT2D eigenvalue weighted by Gasteiger charge is 2.25. The molecule has 1 saturated heterocycles. The average molecular weight is 273 g/mol. The molecule has 0 unspecified atom stereocenters. The molecule has 3 rings (SSSR count). The number of nitrogens with one attached hydrogen (secondary N) is 1. The van der Waals surface area contributed by atoms with Gasteiger partial charge in [-0.15, -0.1) is 0 Å². The van der Waals surface area contributed by atoms with E-state index in [1.165, 1.54) is 0 Å². The fourth-order valence-electron chi connectivity index (χ4n) is 2.77. The largest absolute Gasteiger partial charge is 0.372 e. The molecule has 2 heterocycles. The minimum atomic E-state index is -0.0494. The Labute approximate surface area is 120 Å². The lowest BCUT2D eigenvalue weighted by atomic mass is 10.1. The third-order valence-corrected chi connectivity index (χ3v) is 3.64. The van der Waals surface area contributed by atoms with Crippen molar-refractivity contribution in [3.63, 3.8) is 0 Å². The predicted molar refractivity (Wildman–Crippen MR) is 82.2 cm³/mol. The highest BCUT2D eigenvalue weighted by Crippen LogP contribution is 2.24. The van der Waals surface area contributed by atoms with Crippen LogP contribution >= 0.6 is 0 Å². The third-order valence-electron chi connectivity index (χ3n) is 3.64. The number of nitrogens with zero attached hydrogens (tertiary/aromatic N) is 2. The van der Waals surface area contributed by atoms with Crippen LogP contribution in [0.3, 0.4) is 0 Å². The van der Waals surface area contributed by atoms with Gasteiger partial charge >= 0.3 is 0 Å².